The molecule has 1 amide bonds. The Morgan fingerprint density at radius 1 is 1.39 bits per heavy atom. The third-order valence-electron chi connectivity index (χ3n) is 2.67. The fourth-order valence-corrected chi connectivity index (χ4v) is 1.70. The number of hydrogen-bond donors (Lipinski definition) is 2. The summed E-state index contributed by atoms with van der Waals surface area (Å²) in [5.74, 6) is -5.04. The Hall–Kier alpha value is -3.23. The van der Waals surface area contributed by atoms with E-state index in [1.807, 2.05) is 0 Å². The smallest absolute Gasteiger partial charge is 0.323 e. The van der Waals surface area contributed by atoms with Gasteiger partial charge in [-0.1, -0.05) is 6.07 Å². The Balaban J connectivity index is 2.27. The summed E-state index contributed by atoms with van der Waals surface area (Å²) < 4.78 is 31.6. The van der Waals surface area contributed by atoms with Gasteiger partial charge in [-0.2, -0.15) is 4.39 Å². The van der Waals surface area contributed by atoms with Gasteiger partial charge >= 0.3 is 5.97 Å². The number of aromatic nitrogens is 1. The second-order valence-corrected chi connectivity index (χ2v) is 4.29. The first-order valence-electron chi connectivity index (χ1n) is 6.17. The summed E-state index contributed by atoms with van der Waals surface area (Å²) in [5, 5.41) is 18.5. The van der Waals surface area contributed by atoms with Gasteiger partial charge in [0.25, 0.3) is 0 Å². The Morgan fingerprint density at radius 2 is 2.13 bits per heavy atom. The van der Waals surface area contributed by atoms with Crippen LogP contribution in [0.4, 0.5) is 14.6 Å². The van der Waals surface area contributed by atoms with Crippen molar-refractivity contribution < 1.29 is 33.3 Å². The number of anilines is 1. The average Bonchev–Trinajstić information content (AvgIpc) is 2.50. The Bertz CT molecular complexity index is 754. The molecule has 0 radical (unpaired) electrons. The van der Waals surface area contributed by atoms with Crippen LogP contribution in [-0.2, 0) is 9.59 Å². The van der Waals surface area contributed by atoms with Gasteiger partial charge < -0.3 is 14.9 Å². The van der Waals surface area contributed by atoms with Gasteiger partial charge in [-0.15, -0.1) is 0 Å². The van der Waals surface area contributed by atoms with Gasteiger partial charge in [0, 0.05) is 6.07 Å². The number of hydrogen-bond acceptors (Lipinski definition) is 5. The van der Waals surface area contributed by atoms with Gasteiger partial charge in [-0.3, -0.25) is 14.5 Å². The van der Waals surface area contributed by atoms with Gasteiger partial charge in [0.1, 0.15) is 12.3 Å². The summed E-state index contributed by atoms with van der Waals surface area (Å²) in [6.07, 6.45) is 1.21. The minimum Gasteiger partial charge on any atom is -0.504 e. The van der Waals surface area contributed by atoms with Gasteiger partial charge in [-0.25, -0.2) is 9.37 Å². The molecule has 9 heteroatoms. The lowest BCUT2D eigenvalue weighted by Gasteiger charge is -2.15. The molecule has 0 aliphatic heterocycles. The molecule has 0 bridgehead atoms. The molecule has 0 saturated carbocycles. The van der Waals surface area contributed by atoms with E-state index in [4.69, 9.17) is 9.84 Å². The van der Waals surface area contributed by atoms with Crippen LogP contribution < -0.4 is 9.64 Å². The molecule has 7 nitrogen and oxygen atoms in total. The van der Waals surface area contributed by atoms with Crippen molar-refractivity contribution in [3.63, 3.8) is 0 Å². The molecule has 0 atom stereocenters. The topological polar surface area (TPSA) is 100.0 Å². The monoisotopic (exact) mass is 324 g/mol. The van der Waals surface area contributed by atoms with Crippen LogP contribution in [0.3, 0.4) is 0 Å². The number of carbonyl (C=O) groups excluding carboxylic acids is 1. The molecule has 0 aliphatic carbocycles. The lowest BCUT2D eigenvalue weighted by molar-refractivity contribution is -0.136. The molecule has 0 spiro atoms. The van der Waals surface area contributed by atoms with E-state index in [1.54, 1.807) is 0 Å². The number of nitrogens with zero attached hydrogens (tertiary/aromatic N) is 2. The zero-order valence-corrected chi connectivity index (χ0v) is 11.4. The van der Waals surface area contributed by atoms with Crippen molar-refractivity contribution in [2.24, 2.45) is 0 Å². The Labute approximate surface area is 128 Å². The van der Waals surface area contributed by atoms with Crippen LogP contribution in [0.2, 0.25) is 0 Å². The van der Waals surface area contributed by atoms with E-state index in [0.29, 0.717) is 4.90 Å². The number of amides is 1. The zero-order chi connectivity index (χ0) is 17.0. The molecular weight excluding hydrogens is 314 g/mol. The molecule has 2 rings (SSSR count). The van der Waals surface area contributed by atoms with Crippen molar-refractivity contribution >= 4 is 18.2 Å². The van der Waals surface area contributed by atoms with Crippen LogP contribution in [-0.4, -0.2) is 34.1 Å². The highest BCUT2D eigenvalue weighted by Gasteiger charge is 2.17. The molecule has 0 aliphatic rings. The zero-order valence-electron chi connectivity index (χ0n) is 11.4. The fourth-order valence-electron chi connectivity index (χ4n) is 1.70. The number of benzene rings is 1. The molecule has 2 aromatic rings. The maximum atomic E-state index is 13.5. The number of carboxylic acid groups (broad SMARTS) is 1. The Morgan fingerprint density at radius 3 is 2.74 bits per heavy atom. The maximum absolute atomic E-state index is 13.5. The van der Waals surface area contributed by atoms with Crippen molar-refractivity contribution in [2.75, 3.05) is 11.4 Å². The van der Waals surface area contributed by atoms with Crippen LogP contribution in [0.1, 0.15) is 0 Å². The first kappa shape index (κ1) is 16.1. The van der Waals surface area contributed by atoms with Crippen molar-refractivity contribution in [1.82, 2.24) is 4.98 Å². The summed E-state index contributed by atoms with van der Waals surface area (Å²) >= 11 is 0. The number of aromatic hydroxyl groups is 1. The number of carbonyl (C=O) groups is 2. The van der Waals surface area contributed by atoms with E-state index in [-0.39, 0.29) is 18.0 Å². The number of carboxylic acids is 1. The third kappa shape index (κ3) is 3.70. The molecule has 23 heavy (non-hydrogen) atoms. The Kier molecular flexibility index (Phi) is 4.69. The lowest BCUT2D eigenvalue weighted by Crippen LogP contribution is -2.28. The van der Waals surface area contributed by atoms with Crippen LogP contribution >= 0.6 is 0 Å². The summed E-state index contributed by atoms with van der Waals surface area (Å²) in [5.41, 5.74) is 0. The van der Waals surface area contributed by atoms with E-state index in [0.717, 1.165) is 18.3 Å². The molecule has 1 aromatic heterocycles. The highest BCUT2D eigenvalue weighted by molar-refractivity contribution is 5.85. The molecule has 120 valence electrons. The van der Waals surface area contributed by atoms with Crippen LogP contribution in [0.5, 0.6) is 17.2 Å². The molecular formula is C14H10F2N2O5. The van der Waals surface area contributed by atoms with Gasteiger partial charge in [0.2, 0.25) is 12.2 Å². The number of pyridine rings is 1. The third-order valence-corrected chi connectivity index (χ3v) is 2.67. The first-order valence-corrected chi connectivity index (χ1v) is 6.17. The summed E-state index contributed by atoms with van der Waals surface area (Å²) in [6.45, 7) is -0.706. The van der Waals surface area contributed by atoms with Crippen molar-refractivity contribution in [2.45, 2.75) is 0 Å². The standard InChI is InChI=1S/C14H10F2N2O5/c15-9-2-1-3-11(13(9)16)23-8-4-10(20)14(17-5-8)18(7-19)6-12(21)22/h1-5,7,20H,6H2,(H,21,22). The van der Waals surface area contributed by atoms with E-state index < -0.39 is 35.6 Å². The largest absolute Gasteiger partial charge is 0.504 e. The van der Waals surface area contributed by atoms with Gasteiger partial charge in [0.05, 0.1) is 6.20 Å². The molecule has 0 unspecified atom stereocenters. The second-order valence-electron chi connectivity index (χ2n) is 4.29. The summed E-state index contributed by atoms with van der Waals surface area (Å²) in [6, 6.07) is 4.31. The number of halogens is 2. The predicted octanol–water partition coefficient (Wildman–Crippen LogP) is 1.91. The molecule has 1 heterocycles. The summed E-state index contributed by atoms with van der Waals surface area (Å²) in [4.78, 5) is 25.8. The molecule has 0 fully saturated rings. The van der Waals surface area contributed by atoms with E-state index in [2.05, 4.69) is 4.98 Å². The normalized spacial score (nSPS) is 10.2. The van der Waals surface area contributed by atoms with Crippen LogP contribution in [0.25, 0.3) is 0 Å². The fraction of sp³-hybridized carbons (Fsp3) is 0.0714. The van der Waals surface area contributed by atoms with Gasteiger partial charge in [-0.05, 0) is 12.1 Å². The second kappa shape index (κ2) is 6.69. The van der Waals surface area contributed by atoms with E-state index in [9.17, 15) is 23.5 Å². The van der Waals surface area contributed by atoms with Crippen molar-refractivity contribution in [1.29, 1.82) is 0 Å². The van der Waals surface area contributed by atoms with Crippen molar-refractivity contribution in [3.8, 4) is 17.2 Å². The van der Waals surface area contributed by atoms with E-state index >= 15 is 0 Å². The number of rotatable bonds is 6. The molecule has 0 saturated heterocycles. The van der Waals surface area contributed by atoms with Crippen LogP contribution in [0, 0.1) is 11.6 Å². The minimum atomic E-state index is -1.31. The summed E-state index contributed by atoms with van der Waals surface area (Å²) in [7, 11) is 0. The van der Waals surface area contributed by atoms with Gasteiger partial charge in [0.15, 0.2) is 23.1 Å². The highest BCUT2D eigenvalue weighted by atomic mass is 19.2. The minimum absolute atomic E-state index is 0.128. The number of ether oxygens (including phenoxy) is 1. The first-order chi connectivity index (χ1) is 10.9. The average molecular weight is 324 g/mol. The predicted molar refractivity (Wildman–Crippen MR) is 73.4 cm³/mol. The maximum Gasteiger partial charge on any atom is 0.323 e. The SMILES string of the molecule is O=CN(CC(=O)O)c1ncc(Oc2cccc(F)c2F)cc1O. The highest BCUT2D eigenvalue weighted by Crippen LogP contribution is 2.31. The quantitative estimate of drug-likeness (QED) is 0.787. The van der Waals surface area contributed by atoms with E-state index in [1.165, 1.54) is 12.1 Å². The lowest BCUT2D eigenvalue weighted by atomic mass is 10.3. The molecule has 2 N–H and O–H groups in total. The van der Waals surface area contributed by atoms with Crippen molar-refractivity contribution in [3.05, 3.63) is 42.1 Å². The van der Waals surface area contributed by atoms with Crippen LogP contribution in [0.15, 0.2) is 30.5 Å². The number of aliphatic carboxylic acids is 1. The molecule has 1 aromatic carbocycles.